The molecule has 8 heteroatoms. The van der Waals surface area contributed by atoms with Crippen molar-refractivity contribution in [3.05, 3.63) is 102 Å². The van der Waals surface area contributed by atoms with E-state index >= 15 is 0 Å². The highest BCUT2D eigenvalue weighted by Gasteiger charge is 2.32. The van der Waals surface area contributed by atoms with Crippen LogP contribution in [0, 0.1) is 6.92 Å². The lowest BCUT2D eigenvalue weighted by atomic mass is 9.94. The minimum absolute atomic E-state index is 0.118. The van der Waals surface area contributed by atoms with Crippen LogP contribution in [0.1, 0.15) is 61.6 Å². The number of hydrogen-bond donors (Lipinski definition) is 1. The van der Waals surface area contributed by atoms with Crippen molar-refractivity contribution in [2.24, 2.45) is 0 Å². The monoisotopic (exact) mass is 589 g/mol. The van der Waals surface area contributed by atoms with Gasteiger partial charge in [0.15, 0.2) is 0 Å². The minimum atomic E-state index is -3.53. The number of anilines is 1. The number of aryl methyl sites for hydroxylation is 1. The van der Waals surface area contributed by atoms with E-state index in [-0.39, 0.29) is 30.8 Å². The van der Waals surface area contributed by atoms with Gasteiger partial charge in [-0.25, -0.2) is 8.42 Å². The largest absolute Gasteiger partial charge is 0.352 e. The average molecular weight is 590 g/mol. The van der Waals surface area contributed by atoms with E-state index < -0.39 is 16.1 Å². The zero-order valence-corrected chi connectivity index (χ0v) is 25.6. The Morgan fingerprint density at radius 1 is 0.881 bits per heavy atom. The number of hydrogen-bond acceptors (Lipinski definition) is 4. The summed E-state index contributed by atoms with van der Waals surface area (Å²) in [7, 11) is -3.53. The molecule has 1 aliphatic rings. The number of carbonyl (C=O) groups is 2. The molecule has 4 rings (SSSR count). The fourth-order valence-corrected chi connectivity index (χ4v) is 6.67. The molecule has 2 amide bonds. The standard InChI is InChI=1S/C34H43N3O4S/c1-27-14-12-17-29(24-27)26-36(33(38)22-13-23-37(42(2,40)41)31-20-10-5-11-21-31)32(25-28-15-6-3-7-16-28)34(39)35-30-18-8-4-9-19-30/h3,5-7,10-12,14-17,20-21,24,30,32H,4,8-9,13,18-19,22-23,25-26H2,1-2H3,(H,35,39)/t32-/m1/s1. The summed E-state index contributed by atoms with van der Waals surface area (Å²) < 4.78 is 26.5. The van der Waals surface area contributed by atoms with Gasteiger partial charge in [-0.05, 0) is 49.4 Å². The van der Waals surface area contributed by atoms with Crippen LogP contribution in [0.5, 0.6) is 0 Å². The summed E-state index contributed by atoms with van der Waals surface area (Å²) in [5.41, 5.74) is 3.58. The zero-order chi connectivity index (χ0) is 30.0. The second-order valence-corrected chi connectivity index (χ2v) is 13.2. The number of rotatable bonds is 13. The number of nitrogens with zero attached hydrogens (tertiary/aromatic N) is 2. The first kappa shape index (κ1) is 31.3. The molecule has 224 valence electrons. The summed E-state index contributed by atoms with van der Waals surface area (Å²) >= 11 is 0. The normalized spacial score (nSPS) is 14.6. The molecular weight excluding hydrogens is 546 g/mol. The topological polar surface area (TPSA) is 86.8 Å². The lowest BCUT2D eigenvalue weighted by Gasteiger charge is -2.34. The molecule has 42 heavy (non-hydrogen) atoms. The second-order valence-electron chi connectivity index (χ2n) is 11.3. The molecule has 3 aromatic carbocycles. The summed E-state index contributed by atoms with van der Waals surface area (Å²) in [6, 6.07) is 26.1. The van der Waals surface area contributed by atoms with Crippen molar-refractivity contribution in [1.29, 1.82) is 0 Å². The summed E-state index contributed by atoms with van der Waals surface area (Å²) in [4.78, 5) is 29.6. The van der Waals surface area contributed by atoms with Gasteiger partial charge < -0.3 is 10.2 Å². The summed E-state index contributed by atoms with van der Waals surface area (Å²) in [5, 5.41) is 3.27. The van der Waals surface area contributed by atoms with Gasteiger partial charge in [-0.3, -0.25) is 13.9 Å². The maximum atomic E-state index is 14.0. The minimum Gasteiger partial charge on any atom is -0.352 e. The van der Waals surface area contributed by atoms with Crippen LogP contribution in [0.2, 0.25) is 0 Å². The van der Waals surface area contributed by atoms with Crippen LogP contribution in [-0.4, -0.2) is 50.0 Å². The Bertz CT molecular complexity index is 1410. The smallest absolute Gasteiger partial charge is 0.243 e. The fourth-order valence-electron chi connectivity index (χ4n) is 5.70. The van der Waals surface area contributed by atoms with Gasteiger partial charge in [0.25, 0.3) is 0 Å². The molecule has 1 N–H and O–H groups in total. The molecule has 0 aliphatic heterocycles. The lowest BCUT2D eigenvalue weighted by molar-refractivity contribution is -0.141. The van der Waals surface area contributed by atoms with Crippen molar-refractivity contribution in [3.63, 3.8) is 0 Å². The molecule has 0 spiro atoms. The Morgan fingerprint density at radius 2 is 1.52 bits per heavy atom. The SMILES string of the molecule is Cc1cccc(CN(C(=O)CCCN(c2ccccc2)S(C)(=O)=O)[C@H](Cc2ccccc2)C(=O)NC2CCCCC2)c1. The summed E-state index contributed by atoms with van der Waals surface area (Å²) in [6.45, 7) is 2.48. The highest BCUT2D eigenvalue weighted by molar-refractivity contribution is 7.92. The van der Waals surface area contributed by atoms with Crippen LogP contribution in [0.4, 0.5) is 5.69 Å². The highest BCUT2D eigenvalue weighted by atomic mass is 32.2. The van der Waals surface area contributed by atoms with E-state index in [2.05, 4.69) is 5.32 Å². The molecule has 1 aliphatic carbocycles. The van der Waals surface area contributed by atoms with E-state index in [0.29, 0.717) is 25.1 Å². The summed E-state index contributed by atoms with van der Waals surface area (Å²) in [5.74, 6) is -0.299. The Kier molecular flexibility index (Phi) is 11.2. The van der Waals surface area contributed by atoms with Crippen molar-refractivity contribution in [2.45, 2.75) is 76.9 Å². The molecule has 0 heterocycles. The van der Waals surface area contributed by atoms with Crippen molar-refractivity contribution in [1.82, 2.24) is 10.2 Å². The molecule has 3 aromatic rings. The Morgan fingerprint density at radius 3 is 2.17 bits per heavy atom. The molecule has 1 atom stereocenters. The van der Waals surface area contributed by atoms with E-state index in [1.807, 2.05) is 67.6 Å². The quantitative estimate of drug-likeness (QED) is 0.280. The summed E-state index contributed by atoms with van der Waals surface area (Å²) in [6.07, 6.45) is 7.31. The second kappa shape index (κ2) is 15.0. The van der Waals surface area contributed by atoms with Crippen molar-refractivity contribution in [3.8, 4) is 0 Å². The number of sulfonamides is 1. The molecule has 1 saturated carbocycles. The zero-order valence-electron chi connectivity index (χ0n) is 24.7. The van der Waals surface area contributed by atoms with Crippen molar-refractivity contribution < 1.29 is 18.0 Å². The predicted octanol–water partition coefficient (Wildman–Crippen LogP) is 5.63. The van der Waals surface area contributed by atoms with Crippen LogP contribution in [0.25, 0.3) is 0 Å². The average Bonchev–Trinajstić information content (AvgIpc) is 2.98. The van der Waals surface area contributed by atoms with Gasteiger partial charge in [-0.1, -0.05) is 97.6 Å². The first-order chi connectivity index (χ1) is 20.2. The third-order valence-electron chi connectivity index (χ3n) is 7.85. The molecule has 0 radical (unpaired) electrons. The number of benzene rings is 3. The Hall–Kier alpha value is -3.65. The van der Waals surface area contributed by atoms with Crippen LogP contribution < -0.4 is 9.62 Å². The van der Waals surface area contributed by atoms with Gasteiger partial charge in [-0.15, -0.1) is 0 Å². The molecule has 0 unspecified atom stereocenters. The van der Waals surface area contributed by atoms with Crippen LogP contribution in [0.3, 0.4) is 0 Å². The first-order valence-electron chi connectivity index (χ1n) is 14.9. The van der Waals surface area contributed by atoms with Gasteiger partial charge in [-0.2, -0.15) is 0 Å². The number of amides is 2. The molecule has 7 nitrogen and oxygen atoms in total. The first-order valence-corrected chi connectivity index (χ1v) is 16.8. The fraction of sp³-hybridized carbons (Fsp3) is 0.412. The number of carbonyl (C=O) groups excluding carboxylic acids is 2. The van der Waals surface area contributed by atoms with Crippen LogP contribution in [0.15, 0.2) is 84.9 Å². The van der Waals surface area contributed by atoms with Crippen LogP contribution >= 0.6 is 0 Å². The highest BCUT2D eigenvalue weighted by Crippen LogP contribution is 2.22. The maximum absolute atomic E-state index is 14.0. The predicted molar refractivity (Wildman–Crippen MR) is 169 cm³/mol. The molecule has 1 fully saturated rings. The van der Waals surface area contributed by atoms with E-state index in [9.17, 15) is 18.0 Å². The number of para-hydroxylation sites is 1. The molecule has 0 saturated heterocycles. The van der Waals surface area contributed by atoms with Gasteiger partial charge in [0.2, 0.25) is 21.8 Å². The van der Waals surface area contributed by atoms with Gasteiger partial charge in [0.1, 0.15) is 6.04 Å². The van der Waals surface area contributed by atoms with Gasteiger partial charge in [0.05, 0.1) is 11.9 Å². The van der Waals surface area contributed by atoms with Crippen molar-refractivity contribution in [2.75, 3.05) is 17.1 Å². The number of nitrogens with one attached hydrogen (secondary N) is 1. The third-order valence-corrected chi connectivity index (χ3v) is 9.05. The van der Waals surface area contributed by atoms with E-state index in [0.717, 1.165) is 42.4 Å². The molecule has 0 aromatic heterocycles. The molecule has 0 bridgehead atoms. The van der Waals surface area contributed by atoms with Crippen LogP contribution in [-0.2, 0) is 32.6 Å². The van der Waals surface area contributed by atoms with Gasteiger partial charge >= 0.3 is 0 Å². The van der Waals surface area contributed by atoms with E-state index in [1.165, 1.54) is 17.0 Å². The Labute approximate surface area is 251 Å². The van der Waals surface area contributed by atoms with E-state index in [4.69, 9.17) is 0 Å². The van der Waals surface area contributed by atoms with Crippen molar-refractivity contribution >= 4 is 27.5 Å². The van der Waals surface area contributed by atoms with Gasteiger partial charge in [0, 0.05) is 32.0 Å². The Balaban J connectivity index is 1.58. The molecular formula is C34H43N3O4S. The third kappa shape index (κ3) is 9.18. The maximum Gasteiger partial charge on any atom is 0.243 e. The van der Waals surface area contributed by atoms with E-state index in [1.54, 1.807) is 29.2 Å². The lowest BCUT2D eigenvalue weighted by Crippen LogP contribution is -2.53.